The Kier molecular flexibility index (Phi) is 5.01. The van der Waals surface area contributed by atoms with E-state index in [0.717, 1.165) is 16.9 Å². The zero-order valence-corrected chi connectivity index (χ0v) is 19.0. The minimum absolute atomic E-state index is 0.111. The molecule has 2 aliphatic carbocycles. The third kappa shape index (κ3) is 2.97. The van der Waals surface area contributed by atoms with Crippen LogP contribution in [-0.2, 0) is 30.8 Å². The summed E-state index contributed by atoms with van der Waals surface area (Å²) in [6.45, 7) is 4.51. The molecule has 9 heteroatoms. The molecule has 1 aromatic rings. The first-order chi connectivity index (χ1) is 15.3. The lowest BCUT2D eigenvalue weighted by Crippen LogP contribution is -2.43. The van der Waals surface area contributed by atoms with Crippen molar-refractivity contribution in [1.82, 2.24) is 9.21 Å². The maximum absolute atomic E-state index is 13.1. The summed E-state index contributed by atoms with van der Waals surface area (Å²) in [5.74, 6) is -1.19. The summed E-state index contributed by atoms with van der Waals surface area (Å²) >= 11 is 0. The molecular formula is C23H27N3O5S. The van der Waals surface area contributed by atoms with Gasteiger partial charge in [0.05, 0.1) is 16.7 Å². The number of fused-ring (bicyclic) bond motifs is 6. The van der Waals surface area contributed by atoms with Crippen molar-refractivity contribution in [2.45, 2.75) is 31.6 Å². The van der Waals surface area contributed by atoms with E-state index in [1.54, 1.807) is 30.9 Å². The molecule has 0 radical (unpaired) electrons. The van der Waals surface area contributed by atoms with Crippen LogP contribution in [0.25, 0.3) is 0 Å². The van der Waals surface area contributed by atoms with Crippen LogP contribution in [0.2, 0.25) is 0 Å². The molecule has 1 aromatic carbocycles. The first-order valence-corrected chi connectivity index (χ1v) is 12.7. The van der Waals surface area contributed by atoms with Gasteiger partial charge >= 0.3 is 0 Å². The lowest BCUT2D eigenvalue weighted by atomic mass is 9.85. The zero-order valence-electron chi connectivity index (χ0n) is 18.2. The molecule has 1 saturated heterocycles. The molecule has 4 aliphatic rings. The van der Waals surface area contributed by atoms with Gasteiger partial charge in [-0.05, 0) is 48.4 Å². The summed E-state index contributed by atoms with van der Waals surface area (Å²) in [6.07, 6.45) is 5.45. The summed E-state index contributed by atoms with van der Waals surface area (Å²) in [6, 6.07) is 4.82. The molecule has 0 aromatic heterocycles. The van der Waals surface area contributed by atoms with Crippen LogP contribution < -0.4 is 4.90 Å². The molecule has 8 nitrogen and oxygen atoms in total. The van der Waals surface area contributed by atoms with Gasteiger partial charge in [0.15, 0.2) is 0 Å². The van der Waals surface area contributed by atoms with E-state index in [0.29, 0.717) is 31.7 Å². The summed E-state index contributed by atoms with van der Waals surface area (Å²) in [4.78, 5) is 41.8. The molecule has 5 rings (SSSR count). The molecule has 0 N–H and O–H groups in total. The SMILES string of the molecule is CCN(CC)S(=O)(=O)c1ccc2c(c1)CCN2C(=O)CN1C(=O)C2C3C=CC(C3)C2C1=O. The van der Waals surface area contributed by atoms with E-state index in [-0.39, 0.29) is 52.8 Å². The molecule has 170 valence electrons. The number of amides is 3. The van der Waals surface area contributed by atoms with E-state index < -0.39 is 10.0 Å². The normalized spacial score (nSPS) is 28.2. The number of carbonyl (C=O) groups excluding carboxylic acids is 3. The van der Waals surface area contributed by atoms with Crippen molar-refractivity contribution in [3.63, 3.8) is 0 Å². The highest BCUT2D eigenvalue weighted by Gasteiger charge is 2.59. The second kappa shape index (κ2) is 7.52. The Morgan fingerprint density at radius 2 is 1.69 bits per heavy atom. The number of hydrogen-bond donors (Lipinski definition) is 0. The van der Waals surface area contributed by atoms with Crippen LogP contribution >= 0.6 is 0 Å². The Labute approximate surface area is 187 Å². The third-order valence-corrected chi connectivity index (χ3v) is 9.49. The number of nitrogens with zero attached hydrogens (tertiary/aromatic N) is 3. The van der Waals surface area contributed by atoms with E-state index >= 15 is 0 Å². The molecule has 2 aliphatic heterocycles. The number of anilines is 1. The van der Waals surface area contributed by atoms with E-state index in [2.05, 4.69) is 0 Å². The molecule has 2 heterocycles. The number of benzene rings is 1. The molecule has 4 atom stereocenters. The summed E-state index contributed by atoms with van der Waals surface area (Å²) in [7, 11) is -3.58. The molecule has 0 spiro atoms. The van der Waals surface area contributed by atoms with Gasteiger partial charge in [-0.2, -0.15) is 4.31 Å². The number of hydrogen-bond acceptors (Lipinski definition) is 5. The van der Waals surface area contributed by atoms with Gasteiger partial charge in [0.1, 0.15) is 6.54 Å². The van der Waals surface area contributed by atoms with Crippen molar-refractivity contribution >= 4 is 33.4 Å². The maximum Gasteiger partial charge on any atom is 0.247 e. The average Bonchev–Trinajstić information content (AvgIpc) is 3.53. The Morgan fingerprint density at radius 3 is 2.28 bits per heavy atom. The van der Waals surface area contributed by atoms with E-state index in [9.17, 15) is 22.8 Å². The maximum atomic E-state index is 13.1. The topological polar surface area (TPSA) is 95.1 Å². The second-order valence-electron chi connectivity index (χ2n) is 8.94. The smallest absolute Gasteiger partial charge is 0.247 e. The largest absolute Gasteiger partial charge is 0.310 e. The fourth-order valence-corrected chi connectivity index (χ4v) is 7.36. The van der Waals surface area contributed by atoms with Gasteiger partial charge in [0.2, 0.25) is 27.7 Å². The molecule has 1 saturated carbocycles. The highest BCUT2D eigenvalue weighted by Crippen LogP contribution is 2.52. The minimum Gasteiger partial charge on any atom is -0.310 e. The van der Waals surface area contributed by atoms with E-state index in [1.807, 2.05) is 12.2 Å². The fraction of sp³-hybridized carbons (Fsp3) is 0.522. The first kappa shape index (κ1) is 21.3. The van der Waals surface area contributed by atoms with Gasteiger partial charge in [-0.1, -0.05) is 26.0 Å². The van der Waals surface area contributed by atoms with Crippen molar-refractivity contribution in [2.24, 2.45) is 23.7 Å². The average molecular weight is 458 g/mol. The van der Waals surface area contributed by atoms with Gasteiger partial charge in [-0.3, -0.25) is 19.3 Å². The molecule has 3 amide bonds. The number of allylic oxidation sites excluding steroid dienone is 2. The monoisotopic (exact) mass is 457 g/mol. The molecule has 2 bridgehead atoms. The zero-order chi connectivity index (χ0) is 22.8. The van der Waals surface area contributed by atoms with Gasteiger partial charge in [0.25, 0.3) is 0 Å². The highest BCUT2D eigenvalue weighted by molar-refractivity contribution is 7.89. The Bertz CT molecular complexity index is 1110. The Balaban J connectivity index is 1.33. The number of rotatable bonds is 6. The van der Waals surface area contributed by atoms with Crippen LogP contribution in [0.4, 0.5) is 5.69 Å². The molecule has 32 heavy (non-hydrogen) atoms. The van der Waals surface area contributed by atoms with Crippen LogP contribution in [0.3, 0.4) is 0 Å². The van der Waals surface area contributed by atoms with Crippen LogP contribution in [-0.4, -0.2) is 61.5 Å². The predicted octanol–water partition coefficient (Wildman–Crippen LogP) is 1.41. The molecular weight excluding hydrogens is 430 g/mol. The first-order valence-electron chi connectivity index (χ1n) is 11.2. The van der Waals surface area contributed by atoms with Crippen LogP contribution in [0.15, 0.2) is 35.2 Å². The summed E-state index contributed by atoms with van der Waals surface area (Å²) < 4.78 is 27.0. The van der Waals surface area contributed by atoms with Gasteiger partial charge < -0.3 is 4.90 Å². The lowest BCUT2D eigenvalue weighted by molar-refractivity contribution is -0.143. The molecule has 2 fully saturated rings. The van der Waals surface area contributed by atoms with Crippen molar-refractivity contribution in [2.75, 3.05) is 31.1 Å². The quantitative estimate of drug-likeness (QED) is 0.476. The summed E-state index contributed by atoms with van der Waals surface area (Å²) in [5.41, 5.74) is 1.43. The Hall–Kier alpha value is -2.52. The molecule has 4 unspecified atom stereocenters. The van der Waals surface area contributed by atoms with Crippen LogP contribution in [0, 0.1) is 23.7 Å². The van der Waals surface area contributed by atoms with Crippen molar-refractivity contribution in [3.8, 4) is 0 Å². The standard InChI is InChI=1S/C23H27N3O5S/c1-3-24(4-2)32(30,31)17-7-8-18-14(12-17)9-10-25(18)19(27)13-26-22(28)20-15-5-6-16(11-15)21(20)23(26)29/h5-8,12,15-16,20-21H,3-4,9-11,13H2,1-2H3. The van der Waals surface area contributed by atoms with Crippen LogP contribution in [0.5, 0.6) is 0 Å². The Morgan fingerprint density at radius 1 is 1.06 bits per heavy atom. The second-order valence-corrected chi connectivity index (χ2v) is 10.9. The van der Waals surface area contributed by atoms with Gasteiger partial charge in [-0.25, -0.2) is 8.42 Å². The fourth-order valence-electron chi connectivity index (χ4n) is 5.85. The van der Waals surface area contributed by atoms with Gasteiger partial charge in [-0.15, -0.1) is 0 Å². The van der Waals surface area contributed by atoms with Crippen molar-refractivity contribution in [3.05, 3.63) is 35.9 Å². The third-order valence-electron chi connectivity index (χ3n) is 7.45. The highest BCUT2D eigenvalue weighted by atomic mass is 32.2. The summed E-state index contributed by atoms with van der Waals surface area (Å²) in [5, 5.41) is 0. The van der Waals surface area contributed by atoms with Crippen molar-refractivity contribution in [1.29, 1.82) is 0 Å². The van der Waals surface area contributed by atoms with Gasteiger partial charge in [0, 0.05) is 25.3 Å². The number of likely N-dealkylation sites (tertiary alicyclic amines) is 1. The predicted molar refractivity (Wildman–Crippen MR) is 117 cm³/mol. The van der Waals surface area contributed by atoms with E-state index in [4.69, 9.17) is 0 Å². The number of carbonyl (C=O) groups is 3. The number of sulfonamides is 1. The van der Waals surface area contributed by atoms with E-state index in [1.165, 1.54) is 10.4 Å². The lowest BCUT2D eigenvalue weighted by Gasteiger charge is -2.23. The minimum atomic E-state index is -3.58. The van der Waals surface area contributed by atoms with Crippen LogP contribution in [0.1, 0.15) is 25.8 Å². The number of imide groups is 1. The van der Waals surface area contributed by atoms with Crippen molar-refractivity contribution < 1.29 is 22.8 Å².